The van der Waals surface area contributed by atoms with Crippen molar-refractivity contribution in [1.29, 1.82) is 0 Å². The Morgan fingerprint density at radius 1 is 1.32 bits per heavy atom. The van der Waals surface area contributed by atoms with Gasteiger partial charge in [0.2, 0.25) is 0 Å². The van der Waals surface area contributed by atoms with E-state index in [1.165, 1.54) is 30.6 Å². The highest BCUT2D eigenvalue weighted by atomic mass is 32.2. The van der Waals surface area contributed by atoms with Gasteiger partial charge in [-0.2, -0.15) is 4.31 Å². The minimum Gasteiger partial charge on any atom is -0.362 e. The summed E-state index contributed by atoms with van der Waals surface area (Å²) in [7, 11) is -3.35. The number of nitrogens with zero attached hydrogens (tertiary/aromatic N) is 2. The van der Waals surface area contributed by atoms with E-state index in [2.05, 4.69) is 24.1 Å². The summed E-state index contributed by atoms with van der Waals surface area (Å²) in [5.74, 6) is 0.651. The Morgan fingerprint density at radius 3 is 2.60 bits per heavy atom. The zero-order valence-corrected chi connectivity index (χ0v) is 17.6. The van der Waals surface area contributed by atoms with Crippen LogP contribution in [-0.4, -0.2) is 55.5 Å². The van der Waals surface area contributed by atoms with Gasteiger partial charge >= 0.3 is 0 Å². The highest BCUT2D eigenvalue weighted by Gasteiger charge is 2.29. The molecule has 1 aliphatic heterocycles. The van der Waals surface area contributed by atoms with Crippen LogP contribution in [0.25, 0.3) is 0 Å². The molecule has 1 aromatic rings. The number of sulfonamides is 1. The number of piperazine rings is 1. The fraction of sp³-hybridized carbons (Fsp3) is 0.706. The predicted octanol–water partition coefficient (Wildman–Crippen LogP) is 3.15. The van der Waals surface area contributed by atoms with E-state index in [1.807, 2.05) is 0 Å². The zero-order valence-electron chi connectivity index (χ0n) is 15.1. The van der Waals surface area contributed by atoms with Crippen molar-refractivity contribution in [3.05, 3.63) is 17.5 Å². The number of thiophene rings is 1. The molecule has 8 heteroatoms. The van der Waals surface area contributed by atoms with E-state index in [0.717, 1.165) is 18.1 Å². The largest absolute Gasteiger partial charge is 0.362 e. The van der Waals surface area contributed by atoms with Crippen molar-refractivity contribution >= 4 is 38.7 Å². The normalized spacial score (nSPS) is 17.4. The second kappa shape index (κ2) is 9.85. The SMILES string of the molecule is CCCC[C@H](CC)CNC(=S)N1CCN(S(=O)(=O)c2cccs2)CC1. The van der Waals surface area contributed by atoms with Crippen LogP contribution in [0, 0.1) is 5.92 Å². The van der Waals surface area contributed by atoms with Gasteiger partial charge in [-0.15, -0.1) is 11.3 Å². The first-order valence-corrected chi connectivity index (χ1v) is 11.8. The fourth-order valence-corrected chi connectivity index (χ4v) is 5.79. The van der Waals surface area contributed by atoms with E-state index in [4.69, 9.17) is 12.2 Å². The number of hydrogen-bond acceptors (Lipinski definition) is 4. The molecule has 0 spiro atoms. The van der Waals surface area contributed by atoms with Crippen LogP contribution in [-0.2, 0) is 10.0 Å². The summed E-state index contributed by atoms with van der Waals surface area (Å²) >= 11 is 6.78. The van der Waals surface area contributed by atoms with Crippen LogP contribution < -0.4 is 5.32 Å². The third kappa shape index (κ3) is 5.64. The Morgan fingerprint density at radius 2 is 2.04 bits per heavy atom. The summed E-state index contributed by atoms with van der Waals surface area (Å²) in [5.41, 5.74) is 0. The molecular formula is C17H29N3O2S3. The molecule has 1 atom stereocenters. The quantitative estimate of drug-likeness (QED) is 0.676. The van der Waals surface area contributed by atoms with E-state index < -0.39 is 10.0 Å². The molecule has 142 valence electrons. The summed E-state index contributed by atoms with van der Waals surface area (Å²) in [4.78, 5) is 2.09. The van der Waals surface area contributed by atoms with Gasteiger partial charge in [0.25, 0.3) is 10.0 Å². The number of thiocarbonyl (C=S) groups is 1. The van der Waals surface area contributed by atoms with Gasteiger partial charge in [0.15, 0.2) is 5.11 Å². The minimum atomic E-state index is -3.35. The Labute approximate surface area is 161 Å². The zero-order chi connectivity index (χ0) is 18.3. The van der Waals surface area contributed by atoms with Gasteiger partial charge in [-0.3, -0.25) is 0 Å². The maximum absolute atomic E-state index is 12.5. The average molecular weight is 404 g/mol. The van der Waals surface area contributed by atoms with Gasteiger partial charge in [0.05, 0.1) is 0 Å². The number of nitrogens with one attached hydrogen (secondary N) is 1. The van der Waals surface area contributed by atoms with Crippen molar-refractivity contribution in [2.24, 2.45) is 5.92 Å². The van der Waals surface area contributed by atoms with E-state index in [-0.39, 0.29) is 0 Å². The average Bonchev–Trinajstić information content (AvgIpc) is 3.17. The van der Waals surface area contributed by atoms with Crippen LogP contribution >= 0.6 is 23.6 Å². The highest BCUT2D eigenvalue weighted by Crippen LogP contribution is 2.22. The van der Waals surface area contributed by atoms with Gasteiger partial charge in [-0.25, -0.2) is 8.42 Å². The van der Waals surface area contributed by atoms with Crippen molar-refractivity contribution < 1.29 is 8.42 Å². The first kappa shape index (κ1) is 20.6. The molecular weight excluding hydrogens is 374 g/mol. The molecule has 0 amide bonds. The lowest BCUT2D eigenvalue weighted by atomic mass is 9.99. The van der Waals surface area contributed by atoms with Crippen LogP contribution in [0.2, 0.25) is 0 Å². The van der Waals surface area contributed by atoms with Gasteiger partial charge in [-0.05, 0) is 36.0 Å². The number of unbranched alkanes of at least 4 members (excludes halogenated alkanes) is 1. The lowest BCUT2D eigenvalue weighted by molar-refractivity contribution is 0.263. The number of hydrogen-bond donors (Lipinski definition) is 1. The molecule has 0 aliphatic carbocycles. The lowest BCUT2D eigenvalue weighted by Gasteiger charge is -2.35. The third-order valence-corrected chi connectivity index (χ3v) is 8.37. The molecule has 0 bridgehead atoms. The summed E-state index contributed by atoms with van der Waals surface area (Å²) in [6.07, 6.45) is 4.87. The summed E-state index contributed by atoms with van der Waals surface area (Å²) in [6.45, 7) is 7.59. The Kier molecular flexibility index (Phi) is 8.12. The second-order valence-electron chi connectivity index (χ2n) is 6.43. The van der Waals surface area contributed by atoms with E-state index in [0.29, 0.717) is 36.3 Å². The van der Waals surface area contributed by atoms with Crippen LogP contribution in [0.3, 0.4) is 0 Å². The highest BCUT2D eigenvalue weighted by molar-refractivity contribution is 7.91. The Hall–Kier alpha value is -0.700. The van der Waals surface area contributed by atoms with Crippen LogP contribution in [0.15, 0.2) is 21.7 Å². The smallest absolute Gasteiger partial charge is 0.252 e. The standard InChI is InChI=1S/C17H29N3O2S3/c1-3-5-7-15(4-2)14-18-17(23)19-9-11-20(12-10-19)25(21,22)16-8-6-13-24-16/h6,8,13,15H,3-5,7,9-12,14H2,1-2H3,(H,18,23)/t15-/m0/s1. The third-order valence-electron chi connectivity index (χ3n) is 4.70. The summed E-state index contributed by atoms with van der Waals surface area (Å²) < 4.78 is 27.1. The molecule has 0 saturated carbocycles. The molecule has 1 saturated heterocycles. The Balaban J connectivity index is 1.80. The molecule has 25 heavy (non-hydrogen) atoms. The molecule has 1 fully saturated rings. The lowest BCUT2D eigenvalue weighted by Crippen LogP contribution is -2.53. The predicted molar refractivity (Wildman–Crippen MR) is 109 cm³/mol. The van der Waals surface area contributed by atoms with Gasteiger partial charge in [0.1, 0.15) is 4.21 Å². The first-order chi connectivity index (χ1) is 12.0. The molecule has 2 rings (SSSR count). The topological polar surface area (TPSA) is 52.6 Å². The molecule has 0 radical (unpaired) electrons. The molecule has 0 aromatic carbocycles. The minimum absolute atomic E-state index is 0.420. The second-order valence-corrected chi connectivity index (χ2v) is 9.92. The monoisotopic (exact) mass is 403 g/mol. The van der Waals surface area contributed by atoms with Crippen LogP contribution in [0.5, 0.6) is 0 Å². The Bertz CT molecular complexity index is 624. The molecule has 1 aliphatic rings. The van der Waals surface area contributed by atoms with Gasteiger partial charge in [0, 0.05) is 32.7 Å². The van der Waals surface area contributed by atoms with Gasteiger partial charge in [-0.1, -0.05) is 39.2 Å². The number of rotatable bonds is 8. The summed E-state index contributed by atoms with van der Waals surface area (Å²) in [5, 5.41) is 5.93. The first-order valence-electron chi connectivity index (χ1n) is 9.05. The summed E-state index contributed by atoms with van der Waals surface area (Å²) in [6, 6.07) is 3.44. The van der Waals surface area contributed by atoms with Crippen molar-refractivity contribution in [2.75, 3.05) is 32.7 Å². The molecule has 1 aromatic heterocycles. The van der Waals surface area contributed by atoms with E-state index >= 15 is 0 Å². The van der Waals surface area contributed by atoms with Crippen molar-refractivity contribution in [3.63, 3.8) is 0 Å². The van der Waals surface area contributed by atoms with Gasteiger partial charge < -0.3 is 10.2 Å². The maximum atomic E-state index is 12.5. The van der Waals surface area contributed by atoms with Crippen molar-refractivity contribution in [2.45, 2.75) is 43.7 Å². The fourth-order valence-electron chi connectivity index (χ4n) is 2.96. The van der Waals surface area contributed by atoms with Crippen molar-refractivity contribution in [1.82, 2.24) is 14.5 Å². The van der Waals surface area contributed by atoms with E-state index in [9.17, 15) is 8.42 Å². The van der Waals surface area contributed by atoms with Crippen LogP contribution in [0.1, 0.15) is 39.5 Å². The molecule has 5 nitrogen and oxygen atoms in total. The van der Waals surface area contributed by atoms with E-state index in [1.54, 1.807) is 21.8 Å². The molecule has 0 unspecified atom stereocenters. The van der Waals surface area contributed by atoms with Crippen LogP contribution in [0.4, 0.5) is 0 Å². The molecule has 1 N–H and O–H groups in total. The van der Waals surface area contributed by atoms with Crippen molar-refractivity contribution in [3.8, 4) is 0 Å². The maximum Gasteiger partial charge on any atom is 0.252 e. The molecule has 2 heterocycles.